The Kier molecular flexibility index (Phi) is 3.75. The van der Waals surface area contributed by atoms with Crippen molar-refractivity contribution in [1.29, 1.82) is 0 Å². The second-order valence-corrected chi connectivity index (χ2v) is 5.01. The Labute approximate surface area is 120 Å². The largest absolute Gasteiger partial charge is 0.475 e. The number of oxazole rings is 1. The predicted octanol–water partition coefficient (Wildman–Crippen LogP) is 3.38. The minimum absolute atomic E-state index is 0.0721. The Hall–Kier alpha value is -2.70. The number of aromatic nitrogens is 1. The maximum absolute atomic E-state index is 11.2. The van der Waals surface area contributed by atoms with Crippen LogP contribution in [0.2, 0.25) is 0 Å². The molecule has 21 heavy (non-hydrogen) atoms. The van der Waals surface area contributed by atoms with Gasteiger partial charge in [-0.2, -0.15) is 0 Å². The van der Waals surface area contributed by atoms with Crippen molar-refractivity contribution in [3.63, 3.8) is 0 Å². The highest BCUT2D eigenvalue weighted by Crippen LogP contribution is 2.29. The van der Waals surface area contributed by atoms with Crippen molar-refractivity contribution in [3.05, 3.63) is 45.3 Å². The number of benzene rings is 1. The van der Waals surface area contributed by atoms with Crippen LogP contribution >= 0.6 is 0 Å². The van der Waals surface area contributed by atoms with E-state index in [0.717, 1.165) is 0 Å². The number of aryl methyl sites for hydroxylation is 1. The number of nitro groups is 1. The van der Waals surface area contributed by atoms with Gasteiger partial charge in [-0.1, -0.05) is 13.8 Å². The average molecular weight is 290 g/mol. The van der Waals surface area contributed by atoms with E-state index in [4.69, 9.17) is 9.52 Å². The molecule has 0 fully saturated rings. The molecule has 2 aromatic rings. The topological polar surface area (TPSA) is 106 Å². The molecule has 110 valence electrons. The molecule has 7 nitrogen and oxygen atoms in total. The van der Waals surface area contributed by atoms with Gasteiger partial charge in [0.2, 0.25) is 11.7 Å². The standard InChI is InChI=1S/C14H14N2O5/c1-7(2)11-12(14(17)18)21-13(15-11)9-4-8(3)5-10(6-9)16(19)20/h4-7H,1-3H3,(H,17,18). The van der Waals surface area contributed by atoms with Crippen LogP contribution in [-0.2, 0) is 0 Å². The second kappa shape index (κ2) is 5.35. The van der Waals surface area contributed by atoms with Crippen molar-refractivity contribution >= 4 is 11.7 Å². The summed E-state index contributed by atoms with van der Waals surface area (Å²) in [5.41, 5.74) is 1.28. The molecule has 0 amide bonds. The summed E-state index contributed by atoms with van der Waals surface area (Å²) in [5, 5.41) is 20.0. The Morgan fingerprint density at radius 2 is 2.05 bits per heavy atom. The highest BCUT2D eigenvalue weighted by molar-refractivity contribution is 5.86. The van der Waals surface area contributed by atoms with Gasteiger partial charge < -0.3 is 9.52 Å². The van der Waals surface area contributed by atoms with Crippen LogP contribution in [0.5, 0.6) is 0 Å². The molecule has 2 rings (SSSR count). The highest BCUT2D eigenvalue weighted by atomic mass is 16.6. The van der Waals surface area contributed by atoms with Crippen LogP contribution in [0.15, 0.2) is 22.6 Å². The lowest BCUT2D eigenvalue weighted by molar-refractivity contribution is -0.384. The predicted molar refractivity (Wildman–Crippen MR) is 74.4 cm³/mol. The molecule has 0 aliphatic heterocycles. The first-order valence-corrected chi connectivity index (χ1v) is 6.30. The van der Waals surface area contributed by atoms with E-state index in [1.807, 2.05) is 0 Å². The van der Waals surface area contributed by atoms with Crippen LogP contribution < -0.4 is 0 Å². The van der Waals surface area contributed by atoms with E-state index in [1.165, 1.54) is 12.1 Å². The fraction of sp³-hybridized carbons (Fsp3) is 0.286. The van der Waals surface area contributed by atoms with Crippen molar-refractivity contribution in [2.24, 2.45) is 0 Å². The third-order valence-corrected chi connectivity index (χ3v) is 2.91. The number of carboxylic acid groups (broad SMARTS) is 1. The van der Waals surface area contributed by atoms with Gasteiger partial charge >= 0.3 is 5.97 Å². The van der Waals surface area contributed by atoms with Gasteiger partial charge in [0.15, 0.2) is 0 Å². The quantitative estimate of drug-likeness (QED) is 0.683. The van der Waals surface area contributed by atoms with E-state index in [-0.39, 0.29) is 23.3 Å². The first kappa shape index (κ1) is 14.7. The highest BCUT2D eigenvalue weighted by Gasteiger charge is 2.23. The summed E-state index contributed by atoms with van der Waals surface area (Å²) in [6.45, 7) is 5.31. The van der Waals surface area contributed by atoms with E-state index < -0.39 is 10.9 Å². The second-order valence-electron chi connectivity index (χ2n) is 5.01. The van der Waals surface area contributed by atoms with Crippen LogP contribution in [0.3, 0.4) is 0 Å². The maximum atomic E-state index is 11.2. The zero-order valence-electron chi connectivity index (χ0n) is 11.8. The Morgan fingerprint density at radius 1 is 1.38 bits per heavy atom. The Bertz CT molecular complexity index is 718. The van der Waals surface area contributed by atoms with E-state index in [1.54, 1.807) is 26.8 Å². The van der Waals surface area contributed by atoms with Gasteiger partial charge in [0.25, 0.3) is 5.69 Å². The SMILES string of the molecule is Cc1cc(-c2nc(C(C)C)c(C(=O)O)o2)cc([N+](=O)[O-])c1. The fourth-order valence-electron chi connectivity index (χ4n) is 1.99. The first-order valence-electron chi connectivity index (χ1n) is 6.30. The summed E-state index contributed by atoms with van der Waals surface area (Å²) in [6.07, 6.45) is 0. The van der Waals surface area contributed by atoms with Crippen molar-refractivity contribution in [2.75, 3.05) is 0 Å². The molecule has 0 saturated heterocycles. The summed E-state index contributed by atoms with van der Waals surface area (Å²) < 4.78 is 5.28. The number of rotatable bonds is 4. The molecule has 0 atom stereocenters. The van der Waals surface area contributed by atoms with Gasteiger partial charge in [-0.3, -0.25) is 10.1 Å². The molecule has 0 bridgehead atoms. The fourth-order valence-corrected chi connectivity index (χ4v) is 1.99. The number of hydrogen-bond donors (Lipinski definition) is 1. The molecular formula is C14H14N2O5. The third kappa shape index (κ3) is 2.91. The number of aromatic carboxylic acids is 1. The van der Waals surface area contributed by atoms with E-state index in [0.29, 0.717) is 16.8 Å². The van der Waals surface area contributed by atoms with Crippen LogP contribution in [0.1, 0.15) is 41.6 Å². The number of hydrogen-bond acceptors (Lipinski definition) is 5. The molecular weight excluding hydrogens is 276 g/mol. The van der Waals surface area contributed by atoms with Crippen LogP contribution in [0, 0.1) is 17.0 Å². The molecule has 0 radical (unpaired) electrons. The summed E-state index contributed by atoms with van der Waals surface area (Å²) in [4.78, 5) is 25.7. The summed E-state index contributed by atoms with van der Waals surface area (Å²) >= 11 is 0. The van der Waals surface area contributed by atoms with Gasteiger partial charge in [-0.25, -0.2) is 9.78 Å². The molecule has 0 saturated carbocycles. The number of carboxylic acids is 1. The van der Waals surface area contributed by atoms with Gasteiger partial charge in [-0.15, -0.1) is 0 Å². The molecule has 1 aromatic heterocycles. The molecule has 1 N–H and O–H groups in total. The van der Waals surface area contributed by atoms with Crippen LogP contribution in [-0.4, -0.2) is 21.0 Å². The number of carbonyl (C=O) groups is 1. The summed E-state index contributed by atoms with van der Waals surface area (Å²) in [7, 11) is 0. The van der Waals surface area contributed by atoms with Gasteiger partial charge in [-0.05, 0) is 24.5 Å². The molecule has 1 heterocycles. The minimum Gasteiger partial charge on any atom is -0.475 e. The van der Waals surface area contributed by atoms with Gasteiger partial charge in [0.05, 0.1) is 10.6 Å². The Balaban J connectivity index is 2.59. The maximum Gasteiger partial charge on any atom is 0.373 e. The minimum atomic E-state index is -1.21. The van der Waals surface area contributed by atoms with Crippen LogP contribution in [0.4, 0.5) is 5.69 Å². The average Bonchev–Trinajstić information content (AvgIpc) is 2.83. The molecule has 0 spiro atoms. The van der Waals surface area contributed by atoms with Crippen molar-refractivity contribution in [3.8, 4) is 11.5 Å². The Morgan fingerprint density at radius 3 is 2.52 bits per heavy atom. The molecule has 0 unspecified atom stereocenters. The smallest absolute Gasteiger partial charge is 0.373 e. The van der Waals surface area contributed by atoms with Gasteiger partial charge in [0, 0.05) is 17.7 Å². The number of nitrogens with zero attached hydrogens (tertiary/aromatic N) is 2. The van der Waals surface area contributed by atoms with Crippen LogP contribution in [0.25, 0.3) is 11.5 Å². The number of nitro benzene ring substituents is 1. The van der Waals surface area contributed by atoms with Crippen molar-refractivity contribution < 1.29 is 19.2 Å². The number of non-ortho nitro benzene ring substituents is 1. The summed E-state index contributed by atoms with van der Waals surface area (Å²) in [6, 6.07) is 4.40. The zero-order chi connectivity index (χ0) is 15.7. The molecule has 7 heteroatoms. The lowest BCUT2D eigenvalue weighted by Gasteiger charge is -1.99. The monoisotopic (exact) mass is 290 g/mol. The molecule has 1 aromatic carbocycles. The molecule has 0 aliphatic rings. The van der Waals surface area contributed by atoms with Gasteiger partial charge in [0.1, 0.15) is 0 Å². The lowest BCUT2D eigenvalue weighted by Crippen LogP contribution is -2.01. The van der Waals surface area contributed by atoms with E-state index in [9.17, 15) is 14.9 Å². The van der Waals surface area contributed by atoms with E-state index in [2.05, 4.69) is 4.98 Å². The van der Waals surface area contributed by atoms with Crippen molar-refractivity contribution in [2.45, 2.75) is 26.7 Å². The van der Waals surface area contributed by atoms with Crippen molar-refractivity contribution in [1.82, 2.24) is 4.98 Å². The lowest BCUT2D eigenvalue weighted by atomic mass is 10.1. The molecule has 0 aliphatic carbocycles. The first-order chi connectivity index (χ1) is 9.79. The zero-order valence-corrected chi connectivity index (χ0v) is 11.8. The third-order valence-electron chi connectivity index (χ3n) is 2.91. The van der Waals surface area contributed by atoms with E-state index >= 15 is 0 Å². The normalized spacial score (nSPS) is 10.9. The summed E-state index contributed by atoms with van der Waals surface area (Å²) in [5.74, 6) is -1.50.